The number of hydrogen-bond acceptors (Lipinski definition) is 3. The summed E-state index contributed by atoms with van der Waals surface area (Å²) >= 11 is 0. The quantitative estimate of drug-likeness (QED) is 0.805. The minimum Gasteiger partial charge on any atom is -0.479 e. The van der Waals surface area contributed by atoms with Crippen LogP contribution in [0.1, 0.15) is 12.5 Å². The number of halogens is 3. The zero-order valence-corrected chi connectivity index (χ0v) is 8.78. The van der Waals surface area contributed by atoms with E-state index >= 15 is 0 Å². The molecule has 3 N–H and O–H groups in total. The summed E-state index contributed by atoms with van der Waals surface area (Å²) in [7, 11) is 0. The van der Waals surface area contributed by atoms with Crippen LogP contribution in [0.25, 0.3) is 0 Å². The smallest absolute Gasteiger partial charge is 0.416 e. The molecule has 1 atom stereocenters. The Morgan fingerprint density at radius 3 is 2.47 bits per heavy atom. The van der Waals surface area contributed by atoms with E-state index < -0.39 is 23.8 Å². The van der Waals surface area contributed by atoms with Gasteiger partial charge in [-0.2, -0.15) is 13.2 Å². The molecule has 1 unspecified atom stereocenters. The van der Waals surface area contributed by atoms with Crippen LogP contribution < -0.4 is 10.5 Å². The molecule has 1 rings (SSSR count). The second-order valence-corrected chi connectivity index (χ2v) is 3.35. The molecule has 0 aliphatic carbocycles. The molecule has 4 nitrogen and oxygen atoms in total. The van der Waals surface area contributed by atoms with Gasteiger partial charge in [0.15, 0.2) is 6.10 Å². The van der Waals surface area contributed by atoms with Crippen LogP contribution in [-0.2, 0) is 11.0 Å². The number of nitrogen functional groups attached to an aromatic ring is 1. The largest absolute Gasteiger partial charge is 0.479 e. The molecule has 1 aromatic rings. The summed E-state index contributed by atoms with van der Waals surface area (Å²) in [5, 5.41) is 8.57. The fourth-order valence-electron chi connectivity index (χ4n) is 1.07. The van der Waals surface area contributed by atoms with E-state index in [1.807, 2.05) is 0 Å². The Morgan fingerprint density at radius 1 is 1.47 bits per heavy atom. The molecule has 0 aromatic heterocycles. The van der Waals surface area contributed by atoms with Gasteiger partial charge in [-0.25, -0.2) is 4.79 Å². The number of carbonyl (C=O) groups is 1. The highest BCUT2D eigenvalue weighted by molar-refractivity contribution is 5.72. The second-order valence-electron chi connectivity index (χ2n) is 3.35. The number of benzene rings is 1. The Balaban J connectivity index is 2.95. The maximum atomic E-state index is 12.3. The first-order valence-electron chi connectivity index (χ1n) is 4.58. The van der Waals surface area contributed by atoms with Crippen LogP contribution >= 0.6 is 0 Å². The van der Waals surface area contributed by atoms with E-state index in [0.717, 1.165) is 12.1 Å². The van der Waals surface area contributed by atoms with E-state index in [1.165, 1.54) is 6.92 Å². The summed E-state index contributed by atoms with van der Waals surface area (Å²) in [6.45, 7) is 1.25. The van der Waals surface area contributed by atoms with Crippen molar-refractivity contribution in [2.24, 2.45) is 0 Å². The third kappa shape index (κ3) is 3.27. The predicted octanol–water partition coefficient (Wildman–Crippen LogP) is 2.14. The van der Waals surface area contributed by atoms with Crippen LogP contribution in [-0.4, -0.2) is 17.2 Å². The highest BCUT2D eigenvalue weighted by Crippen LogP contribution is 2.33. The third-order valence-electron chi connectivity index (χ3n) is 1.99. The van der Waals surface area contributed by atoms with Crippen LogP contribution in [0.5, 0.6) is 5.75 Å². The molecule has 17 heavy (non-hydrogen) atoms. The van der Waals surface area contributed by atoms with E-state index in [-0.39, 0.29) is 11.4 Å². The monoisotopic (exact) mass is 249 g/mol. The standard InChI is InChI=1S/C10H10F3NO3/c1-5(9(15)16)17-8-3-2-6(4-7(8)14)10(11,12)13/h2-5H,14H2,1H3,(H,15,16). The fourth-order valence-corrected chi connectivity index (χ4v) is 1.07. The van der Waals surface area contributed by atoms with Crippen molar-refractivity contribution < 1.29 is 27.8 Å². The molecule has 0 radical (unpaired) electrons. The number of carboxylic acids is 1. The number of nitrogens with two attached hydrogens (primary N) is 1. The molecule has 0 aliphatic heterocycles. The van der Waals surface area contributed by atoms with Crippen LogP contribution in [0.3, 0.4) is 0 Å². The molecule has 94 valence electrons. The Labute approximate surface area is 94.8 Å². The first-order valence-corrected chi connectivity index (χ1v) is 4.58. The molecule has 0 aliphatic rings. The summed E-state index contributed by atoms with van der Waals surface area (Å²) in [5.41, 5.74) is 4.18. The van der Waals surface area contributed by atoms with Crippen LogP contribution in [0.2, 0.25) is 0 Å². The van der Waals surface area contributed by atoms with Crippen molar-refractivity contribution in [3.8, 4) is 5.75 Å². The van der Waals surface area contributed by atoms with Gasteiger partial charge in [0.2, 0.25) is 0 Å². The number of aliphatic carboxylic acids is 1. The van der Waals surface area contributed by atoms with E-state index in [0.29, 0.717) is 6.07 Å². The van der Waals surface area contributed by atoms with Gasteiger partial charge in [-0.1, -0.05) is 0 Å². The zero-order valence-electron chi connectivity index (χ0n) is 8.78. The molecular formula is C10H10F3NO3. The van der Waals surface area contributed by atoms with E-state index in [1.54, 1.807) is 0 Å². The third-order valence-corrected chi connectivity index (χ3v) is 1.99. The van der Waals surface area contributed by atoms with E-state index in [4.69, 9.17) is 15.6 Å². The second kappa shape index (κ2) is 4.52. The predicted molar refractivity (Wildman–Crippen MR) is 53.6 cm³/mol. The average Bonchev–Trinajstić information content (AvgIpc) is 2.19. The summed E-state index contributed by atoms with van der Waals surface area (Å²) in [4.78, 5) is 10.5. The molecule has 1 aromatic carbocycles. The van der Waals surface area contributed by atoms with Crippen molar-refractivity contribution in [3.63, 3.8) is 0 Å². The van der Waals surface area contributed by atoms with Crippen molar-refractivity contribution in [3.05, 3.63) is 23.8 Å². The normalized spacial score (nSPS) is 13.2. The highest BCUT2D eigenvalue weighted by Gasteiger charge is 2.31. The van der Waals surface area contributed by atoms with Crippen molar-refractivity contribution in [2.45, 2.75) is 19.2 Å². The van der Waals surface area contributed by atoms with Gasteiger partial charge >= 0.3 is 12.1 Å². The molecule has 0 spiro atoms. The zero-order chi connectivity index (χ0) is 13.2. The lowest BCUT2D eigenvalue weighted by Gasteiger charge is -2.14. The Bertz CT molecular complexity index is 431. The van der Waals surface area contributed by atoms with Crippen molar-refractivity contribution in [1.29, 1.82) is 0 Å². The number of ether oxygens (including phenoxy) is 1. The van der Waals surface area contributed by atoms with Gasteiger partial charge in [-0.15, -0.1) is 0 Å². The molecule has 0 saturated heterocycles. The Morgan fingerprint density at radius 2 is 2.06 bits per heavy atom. The average molecular weight is 249 g/mol. The first kappa shape index (κ1) is 13.1. The lowest BCUT2D eigenvalue weighted by Crippen LogP contribution is -2.23. The lowest BCUT2D eigenvalue weighted by atomic mass is 10.2. The van der Waals surface area contributed by atoms with Crippen LogP contribution in [0.15, 0.2) is 18.2 Å². The van der Waals surface area contributed by atoms with E-state index in [2.05, 4.69) is 0 Å². The van der Waals surface area contributed by atoms with Crippen molar-refractivity contribution >= 4 is 11.7 Å². The maximum Gasteiger partial charge on any atom is 0.416 e. The number of alkyl halides is 3. The SMILES string of the molecule is CC(Oc1ccc(C(F)(F)F)cc1N)C(=O)O. The minimum atomic E-state index is -4.49. The molecular weight excluding hydrogens is 239 g/mol. The molecule has 0 heterocycles. The topological polar surface area (TPSA) is 72.5 Å². The number of anilines is 1. The Kier molecular flexibility index (Phi) is 3.50. The van der Waals surface area contributed by atoms with Gasteiger partial charge in [0.1, 0.15) is 5.75 Å². The number of hydrogen-bond donors (Lipinski definition) is 2. The first-order chi connectivity index (χ1) is 7.71. The van der Waals surface area contributed by atoms with E-state index in [9.17, 15) is 18.0 Å². The lowest BCUT2D eigenvalue weighted by molar-refractivity contribution is -0.144. The Hall–Kier alpha value is -1.92. The molecule has 7 heteroatoms. The van der Waals surface area contributed by atoms with Crippen molar-refractivity contribution in [1.82, 2.24) is 0 Å². The highest BCUT2D eigenvalue weighted by atomic mass is 19.4. The molecule has 0 bridgehead atoms. The summed E-state index contributed by atoms with van der Waals surface area (Å²) in [6.07, 6.45) is -5.68. The van der Waals surface area contributed by atoms with Gasteiger partial charge in [0, 0.05) is 0 Å². The van der Waals surface area contributed by atoms with Gasteiger partial charge < -0.3 is 15.6 Å². The molecule has 0 fully saturated rings. The van der Waals surface area contributed by atoms with Gasteiger partial charge in [-0.3, -0.25) is 0 Å². The van der Waals surface area contributed by atoms with Gasteiger partial charge in [-0.05, 0) is 25.1 Å². The van der Waals surface area contributed by atoms with Crippen molar-refractivity contribution in [2.75, 3.05) is 5.73 Å². The van der Waals surface area contributed by atoms with Gasteiger partial charge in [0.25, 0.3) is 0 Å². The summed E-state index contributed by atoms with van der Waals surface area (Å²) in [6, 6.07) is 2.47. The van der Waals surface area contributed by atoms with Crippen LogP contribution in [0, 0.1) is 0 Å². The van der Waals surface area contributed by atoms with Crippen LogP contribution in [0.4, 0.5) is 18.9 Å². The summed E-state index contributed by atoms with van der Waals surface area (Å²) in [5.74, 6) is -1.32. The summed E-state index contributed by atoms with van der Waals surface area (Å²) < 4.78 is 41.8. The van der Waals surface area contributed by atoms with Gasteiger partial charge in [0.05, 0.1) is 11.3 Å². The fraction of sp³-hybridized carbons (Fsp3) is 0.300. The molecule has 0 saturated carbocycles. The minimum absolute atomic E-state index is 0.0899. The number of carboxylic acid groups (broad SMARTS) is 1. The number of rotatable bonds is 3. The molecule has 0 amide bonds. The maximum absolute atomic E-state index is 12.3.